The van der Waals surface area contributed by atoms with Gasteiger partial charge in [0.2, 0.25) is 0 Å². The Morgan fingerprint density at radius 3 is 2.94 bits per heavy atom. The van der Waals surface area contributed by atoms with Gasteiger partial charge in [-0.1, -0.05) is 0 Å². The summed E-state index contributed by atoms with van der Waals surface area (Å²) in [4.78, 5) is 11.9. The third kappa shape index (κ3) is 3.09. The zero-order chi connectivity index (χ0) is 13.0. The predicted octanol–water partition coefficient (Wildman–Crippen LogP) is 0.162. The Balaban J connectivity index is 2.13. The van der Waals surface area contributed by atoms with Crippen molar-refractivity contribution in [1.29, 1.82) is 0 Å². The van der Waals surface area contributed by atoms with Gasteiger partial charge in [0.1, 0.15) is 4.47 Å². The number of anilines is 1. The van der Waals surface area contributed by atoms with E-state index >= 15 is 0 Å². The summed E-state index contributed by atoms with van der Waals surface area (Å²) in [5.41, 5.74) is 0.504. The number of hydrogen-bond acceptors (Lipinski definition) is 5. The Kier molecular flexibility index (Phi) is 4.73. The van der Waals surface area contributed by atoms with Gasteiger partial charge in [-0.2, -0.15) is 5.10 Å². The van der Waals surface area contributed by atoms with Gasteiger partial charge in [0.25, 0.3) is 5.56 Å². The molecular weight excluding hydrogens is 300 g/mol. The zero-order valence-corrected chi connectivity index (χ0v) is 11.6. The van der Waals surface area contributed by atoms with Crippen molar-refractivity contribution >= 4 is 21.6 Å². The molecule has 1 aromatic heterocycles. The van der Waals surface area contributed by atoms with Crippen LogP contribution in [0.2, 0.25) is 0 Å². The van der Waals surface area contributed by atoms with E-state index in [1.165, 1.54) is 4.68 Å². The second-order valence-electron chi connectivity index (χ2n) is 4.29. The van der Waals surface area contributed by atoms with Gasteiger partial charge in [-0.05, 0) is 41.9 Å². The largest absolute Gasteiger partial charge is 0.394 e. The molecule has 7 heteroatoms. The molecule has 100 valence electrons. The average molecular weight is 317 g/mol. The Bertz CT molecular complexity index is 457. The average Bonchev–Trinajstić information content (AvgIpc) is 2.40. The van der Waals surface area contributed by atoms with Crippen LogP contribution in [-0.4, -0.2) is 40.6 Å². The number of rotatable bonds is 4. The SMILES string of the molecule is O=c1c(Br)c(NC2CCNCC2)cnn1CCO. The molecule has 0 amide bonds. The lowest BCUT2D eigenvalue weighted by molar-refractivity contribution is 0.266. The van der Waals surface area contributed by atoms with Gasteiger partial charge in [-0.15, -0.1) is 0 Å². The minimum atomic E-state index is -0.219. The number of piperidine rings is 1. The van der Waals surface area contributed by atoms with Gasteiger partial charge in [0.15, 0.2) is 0 Å². The van der Waals surface area contributed by atoms with Crippen LogP contribution in [0, 0.1) is 0 Å². The molecule has 18 heavy (non-hydrogen) atoms. The highest BCUT2D eigenvalue weighted by Gasteiger charge is 2.15. The third-order valence-corrected chi connectivity index (χ3v) is 3.76. The van der Waals surface area contributed by atoms with E-state index in [1.807, 2.05) is 0 Å². The molecule has 0 aliphatic carbocycles. The van der Waals surface area contributed by atoms with Gasteiger partial charge in [-0.3, -0.25) is 4.79 Å². The molecule has 0 saturated carbocycles. The summed E-state index contributed by atoms with van der Waals surface area (Å²) in [5.74, 6) is 0. The van der Waals surface area contributed by atoms with Crippen LogP contribution in [0.3, 0.4) is 0 Å². The van der Waals surface area contributed by atoms with Crippen molar-refractivity contribution in [2.75, 3.05) is 25.0 Å². The number of hydrogen-bond donors (Lipinski definition) is 3. The maximum absolute atomic E-state index is 11.9. The van der Waals surface area contributed by atoms with Crippen molar-refractivity contribution in [3.63, 3.8) is 0 Å². The monoisotopic (exact) mass is 316 g/mol. The van der Waals surface area contributed by atoms with Crippen LogP contribution in [-0.2, 0) is 6.54 Å². The molecule has 6 nitrogen and oxygen atoms in total. The molecule has 1 aromatic rings. The molecule has 1 aliphatic rings. The quantitative estimate of drug-likeness (QED) is 0.737. The fourth-order valence-corrected chi connectivity index (χ4v) is 2.43. The van der Waals surface area contributed by atoms with E-state index in [9.17, 15) is 4.79 Å². The molecule has 2 heterocycles. The van der Waals surface area contributed by atoms with Gasteiger partial charge < -0.3 is 15.7 Å². The summed E-state index contributed by atoms with van der Waals surface area (Å²) < 4.78 is 1.72. The summed E-state index contributed by atoms with van der Waals surface area (Å²) in [5, 5.41) is 19.5. The summed E-state index contributed by atoms with van der Waals surface area (Å²) in [6, 6.07) is 0.373. The van der Waals surface area contributed by atoms with Gasteiger partial charge in [-0.25, -0.2) is 4.68 Å². The van der Waals surface area contributed by atoms with E-state index < -0.39 is 0 Å². The van der Waals surface area contributed by atoms with Crippen LogP contribution in [0.5, 0.6) is 0 Å². The molecule has 1 aliphatic heterocycles. The molecular formula is C11H17BrN4O2. The minimum Gasteiger partial charge on any atom is -0.394 e. The molecule has 0 unspecified atom stereocenters. The molecule has 0 bridgehead atoms. The lowest BCUT2D eigenvalue weighted by Gasteiger charge is -2.25. The van der Waals surface area contributed by atoms with E-state index in [2.05, 4.69) is 31.7 Å². The summed E-state index contributed by atoms with van der Waals surface area (Å²) in [7, 11) is 0. The molecule has 1 fully saturated rings. The highest BCUT2D eigenvalue weighted by Crippen LogP contribution is 2.19. The maximum Gasteiger partial charge on any atom is 0.283 e. The van der Waals surface area contributed by atoms with Crippen LogP contribution in [0.4, 0.5) is 5.69 Å². The smallest absolute Gasteiger partial charge is 0.283 e. The predicted molar refractivity (Wildman–Crippen MR) is 72.8 cm³/mol. The fraction of sp³-hybridized carbons (Fsp3) is 0.636. The lowest BCUT2D eigenvalue weighted by atomic mass is 10.1. The highest BCUT2D eigenvalue weighted by molar-refractivity contribution is 9.10. The Morgan fingerprint density at radius 1 is 1.56 bits per heavy atom. The second kappa shape index (κ2) is 6.31. The Labute approximate surface area is 114 Å². The van der Waals surface area contributed by atoms with Crippen LogP contribution >= 0.6 is 15.9 Å². The molecule has 0 radical (unpaired) electrons. The summed E-state index contributed by atoms with van der Waals surface area (Å²) in [6.07, 6.45) is 3.70. The molecule has 0 aromatic carbocycles. The molecule has 3 N–H and O–H groups in total. The van der Waals surface area contributed by atoms with E-state index in [4.69, 9.17) is 5.11 Å². The molecule has 1 saturated heterocycles. The zero-order valence-electron chi connectivity index (χ0n) is 10.0. The van der Waals surface area contributed by atoms with Gasteiger partial charge in [0, 0.05) is 6.04 Å². The summed E-state index contributed by atoms with van der Waals surface area (Å²) >= 11 is 3.29. The number of aromatic nitrogens is 2. The molecule has 2 rings (SSSR count). The van der Waals surface area contributed by atoms with Crippen LogP contribution in [0.1, 0.15) is 12.8 Å². The van der Waals surface area contributed by atoms with Crippen molar-refractivity contribution in [3.05, 3.63) is 21.0 Å². The first kappa shape index (κ1) is 13.5. The standard InChI is InChI=1S/C11H17BrN4O2/c12-10-9(15-8-1-3-13-4-2-8)7-14-16(5-6-17)11(10)18/h7-8,13,15,17H,1-6H2. The lowest BCUT2D eigenvalue weighted by Crippen LogP contribution is -2.36. The maximum atomic E-state index is 11.9. The van der Waals surface area contributed by atoms with E-state index in [0.717, 1.165) is 31.6 Å². The molecule has 0 spiro atoms. The van der Waals surface area contributed by atoms with Gasteiger partial charge in [0.05, 0.1) is 25.0 Å². The fourth-order valence-electron chi connectivity index (χ4n) is 2.01. The summed E-state index contributed by atoms with van der Waals surface area (Å²) in [6.45, 7) is 2.10. The second-order valence-corrected chi connectivity index (χ2v) is 5.09. The highest BCUT2D eigenvalue weighted by atomic mass is 79.9. The van der Waals surface area contributed by atoms with E-state index in [-0.39, 0.29) is 18.7 Å². The van der Waals surface area contributed by atoms with Crippen LogP contribution in [0.15, 0.2) is 15.5 Å². The number of nitrogens with zero attached hydrogens (tertiary/aromatic N) is 2. The van der Waals surface area contributed by atoms with Crippen molar-refractivity contribution in [3.8, 4) is 0 Å². The number of aliphatic hydroxyl groups is 1. The third-order valence-electron chi connectivity index (χ3n) is 3.00. The van der Waals surface area contributed by atoms with Crippen molar-refractivity contribution in [1.82, 2.24) is 15.1 Å². The minimum absolute atomic E-state index is 0.0968. The Hall–Kier alpha value is -0.920. The number of aliphatic hydroxyl groups excluding tert-OH is 1. The van der Waals surface area contributed by atoms with Crippen molar-refractivity contribution in [2.45, 2.75) is 25.4 Å². The van der Waals surface area contributed by atoms with Crippen LogP contribution in [0.25, 0.3) is 0 Å². The van der Waals surface area contributed by atoms with Gasteiger partial charge >= 0.3 is 0 Å². The normalized spacial score (nSPS) is 16.8. The number of halogens is 1. The topological polar surface area (TPSA) is 79.2 Å². The first-order valence-corrected chi connectivity index (χ1v) is 6.85. The number of nitrogens with one attached hydrogen (secondary N) is 2. The molecule has 0 atom stereocenters. The van der Waals surface area contributed by atoms with Crippen LogP contribution < -0.4 is 16.2 Å². The van der Waals surface area contributed by atoms with Crippen molar-refractivity contribution < 1.29 is 5.11 Å². The first-order chi connectivity index (χ1) is 8.72. The van der Waals surface area contributed by atoms with Crippen molar-refractivity contribution in [2.24, 2.45) is 0 Å². The van der Waals surface area contributed by atoms with E-state index in [1.54, 1.807) is 6.20 Å². The Morgan fingerprint density at radius 2 is 2.28 bits per heavy atom. The first-order valence-electron chi connectivity index (χ1n) is 6.06. The van der Waals surface area contributed by atoms with E-state index in [0.29, 0.717) is 10.5 Å².